The van der Waals surface area contributed by atoms with Crippen molar-refractivity contribution in [2.45, 2.75) is 30.4 Å². The number of quaternary nitrogens is 1. The van der Waals surface area contributed by atoms with Crippen LogP contribution in [0.4, 0.5) is 0 Å². The first-order valence-electron chi connectivity index (χ1n) is 10.4. The summed E-state index contributed by atoms with van der Waals surface area (Å²) < 4.78 is 1.93. The van der Waals surface area contributed by atoms with Gasteiger partial charge in [0, 0.05) is 52.4 Å². The number of hydrogen-bond donors (Lipinski definition) is 3. The Morgan fingerprint density at radius 2 is 1.97 bits per heavy atom. The van der Waals surface area contributed by atoms with Crippen LogP contribution in [0.3, 0.4) is 0 Å². The maximum absolute atomic E-state index is 13.3. The molecule has 4 N–H and O–H groups in total. The Morgan fingerprint density at radius 1 is 1.19 bits per heavy atom. The highest BCUT2D eigenvalue weighted by molar-refractivity contribution is 7.99. The first-order valence-corrected chi connectivity index (χ1v) is 11.3. The van der Waals surface area contributed by atoms with Crippen molar-refractivity contribution in [3.63, 3.8) is 0 Å². The van der Waals surface area contributed by atoms with Gasteiger partial charge in [0.2, 0.25) is 0 Å². The lowest BCUT2D eigenvalue weighted by atomic mass is 9.93. The molecule has 1 aliphatic heterocycles. The Hall–Kier alpha value is -2.98. The number of amides is 2. The van der Waals surface area contributed by atoms with Crippen molar-refractivity contribution in [3.05, 3.63) is 89.0 Å². The molecule has 9 heteroatoms. The normalized spacial score (nSPS) is 17.8. The van der Waals surface area contributed by atoms with Gasteiger partial charge in [0.1, 0.15) is 4.87 Å². The standard InChI is InChI=1S/C23H24N4O4S/c1-2-3-13-27(30,31)22(29)17-8-4-5-9-19(17)23(16-7-6-11-25-14-16)26-12-10-18(21(24)28)20(26)15-32-23/h4-12,14,30-31H,2-3,13,15H2,1H3,(H-,24,28)/p+1. The lowest BCUT2D eigenvalue weighted by molar-refractivity contribution is -1.19. The van der Waals surface area contributed by atoms with Gasteiger partial charge >= 0.3 is 5.91 Å². The number of fused-ring (bicyclic) bond motifs is 1. The minimum absolute atomic E-state index is 0.114. The molecule has 2 aromatic heterocycles. The fourth-order valence-corrected chi connectivity index (χ4v) is 5.73. The van der Waals surface area contributed by atoms with Gasteiger partial charge in [0.15, 0.2) is 6.54 Å². The predicted octanol–water partition coefficient (Wildman–Crippen LogP) is 3.51. The second kappa shape index (κ2) is 8.51. The number of benzene rings is 1. The molecule has 1 unspecified atom stereocenters. The molecule has 0 bridgehead atoms. The highest BCUT2D eigenvalue weighted by Crippen LogP contribution is 2.52. The second-order valence-corrected chi connectivity index (χ2v) is 8.91. The van der Waals surface area contributed by atoms with Crippen LogP contribution in [0.1, 0.15) is 57.3 Å². The van der Waals surface area contributed by atoms with Gasteiger partial charge in [-0.1, -0.05) is 37.6 Å². The van der Waals surface area contributed by atoms with E-state index >= 15 is 0 Å². The predicted molar refractivity (Wildman–Crippen MR) is 119 cm³/mol. The zero-order valence-electron chi connectivity index (χ0n) is 17.6. The topological polar surface area (TPSA) is 118 Å². The molecule has 0 saturated heterocycles. The highest BCUT2D eigenvalue weighted by atomic mass is 32.2. The number of nitrogens with zero attached hydrogens (tertiary/aromatic N) is 3. The van der Waals surface area contributed by atoms with Gasteiger partial charge in [-0.05, 0) is 18.2 Å². The summed E-state index contributed by atoms with van der Waals surface area (Å²) in [6.45, 7) is 1.80. The molecule has 4 rings (SSSR count). The number of unbranched alkanes of at least 4 members (excludes halogenated alkanes) is 1. The van der Waals surface area contributed by atoms with E-state index in [9.17, 15) is 20.0 Å². The fraction of sp³-hybridized carbons (Fsp3) is 0.261. The number of thioether (sulfide) groups is 1. The van der Waals surface area contributed by atoms with Crippen LogP contribution in [-0.2, 0) is 10.6 Å². The summed E-state index contributed by atoms with van der Waals surface area (Å²) in [5.41, 5.74) is 8.30. The van der Waals surface area contributed by atoms with Crippen molar-refractivity contribution in [1.82, 2.24) is 9.55 Å². The van der Waals surface area contributed by atoms with Gasteiger partial charge in [-0.15, -0.1) is 11.8 Å². The molecule has 1 aliphatic rings. The molecule has 166 valence electrons. The number of carbonyl (C=O) groups is 2. The molecular formula is C23H25N4O4S+. The number of hydrogen-bond acceptors (Lipinski definition) is 6. The molecule has 8 nitrogen and oxygen atoms in total. The van der Waals surface area contributed by atoms with Crippen LogP contribution in [-0.4, -0.2) is 43.1 Å². The Morgan fingerprint density at radius 3 is 2.66 bits per heavy atom. The average Bonchev–Trinajstić information content (AvgIpc) is 3.39. The minimum atomic E-state index is -1.72. The number of aromatic nitrogens is 2. The quantitative estimate of drug-likeness (QED) is 0.286. The Kier molecular flexibility index (Phi) is 5.91. The average molecular weight is 454 g/mol. The minimum Gasteiger partial charge on any atom is -0.366 e. The Labute approximate surface area is 189 Å². The number of primary amides is 1. The highest BCUT2D eigenvalue weighted by Gasteiger charge is 2.48. The molecule has 0 saturated carbocycles. The summed E-state index contributed by atoms with van der Waals surface area (Å²) in [7, 11) is 0. The van der Waals surface area contributed by atoms with Gasteiger partial charge in [0.05, 0.1) is 11.1 Å². The van der Waals surface area contributed by atoms with Crippen molar-refractivity contribution in [3.8, 4) is 0 Å². The van der Waals surface area contributed by atoms with Gasteiger partial charge in [-0.3, -0.25) is 9.78 Å². The smallest absolute Gasteiger partial charge is 0.366 e. The SMILES string of the molecule is CCCC[N+](O)(O)C(=O)c1ccccc1C1(c2cccnc2)SCc2c(C(N)=O)ccn21. The van der Waals surface area contributed by atoms with E-state index in [1.807, 2.05) is 17.6 Å². The second-order valence-electron chi connectivity index (χ2n) is 7.74. The third-order valence-corrected chi connectivity index (χ3v) is 7.23. The maximum Gasteiger partial charge on any atom is 0.411 e. The summed E-state index contributed by atoms with van der Waals surface area (Å²) in [5, 5.41) is 21.0. The van der Waals surface area contributed by atoms with Crippen LogP contribution in [0.2, 0.25) is 0 Å². The van der Waals surface area contributed by atoms with Crippen molar-refractivity contribution >= 4 is 23.6 Å². The number of carbonyl (C=O) groups excluding carboxylic acids is 2. The molecule has 32 heavy (non-hydrogen) atoms. The Bertz CT molecular complexity index is 1160. The van der Waals surface area contributed by atoms with E-state index in [2.05, 4.69) is 4.98 Å². The van der Waals surface area contributed by atoms with Crippen molar-refractivity contribution in [1.29, 1.82) is 0 Å². The molecule has 0 fully saturated rings. The van der Waals surface area contributed by atoms with Crippen LogP contribution >= 0.6 is 11.8 Å². The van der Waals surface area contributed by atoms with Crippen LogP contribution in [0.5, 0.6) is 0 Å². The molecule has 3 heterocycles. The first kappa shape index (κ1) is 22.2. The largest absolute Gasteiger partial charge is 0.411 e. The third kappa shape index (κ3) is 3.53. The van der Waals surface area contributed by atoms with E-state index in [0.717, 1.165) is 11.3 Å². The van der Waals surface area contributed by atoms with E-state index in [-0.39, 0.29) is 12.1 Å². The van der Waals surface area contributed by atoms with E-state index < -0.39 is 21.5 Å². The van der Waals surface area contributed by atoms with E-state index in [4.69, 9.17) is 5.73 Å². The summed E-state index contributed by atoms with van der Waals surface area (Å²) in [6, 6.07) is 12.3. The van der Waals surface area contributed by atoms with Gasteiger partial charge in [-0.25, -0.2) is 4.79 Å². The van der Waals surface area contributed by atoms with E-state index in [1.165, 1.54) is 11.8 Å². The first-order chi connectivity index (χ1) is 15.3. The molecule has 0 aliphatic carbocycles. The van der Waals surface area contributed by atoms with Crippen LogP contribution in [0, 0.1) is 0 Å². The fourth-order valence-electron chi connectivity index (χ4n) is 4.16. The summed E-state index contributed by atoms with van der Waals surface area (Å²) >= 11 is 1.52. The number of hydroxylamine groups is 4. The zero-order valence-corrected chi connectivity index (χ0v) is 18.5. The molecule has 0 radical (unpaired) electrons. The molecule has 1 atom stereocenters. The Balaban J connectivity index is 1.94. The molecule has 3 aromatic rings. The third-order valence-electron chi connectivity index (χ3n) is 5.74. The maximum atomic E-state index is 13.3. The lowest BCUT2D eigenvalue weighted by Gasteiger charge is -2.33. The number of rotatable bonds is 7. The van der Waals surface area contributed by atoms with Gasteiger partial charge < -0.3 is 10.3 Å². The van der Waals surface area contributed by atoms with Crippen molar-refractivity contribution < 1.29 is 24.8 Å². The van der Waals surface area contributed by atoms with Crippen molar-refractivity contribution in [2.75, 3.05) is 6.54 Å². The van der Waals surface area contributed by atoms with E-state index in [1.54, 1.807) is 55.0 Å². The van der Waals surface area contributed by atoms with Crippen LogP contribution < -0.4 is 5.73 Å². The summed E-state index contributed by atoms with van der Waals surface area (Å²) in [6.07, 6.45) is 6.35. The summed E-state index contributed by atoms with van der Waals surface area (Å²) in [4.78, 5) is 26.9. The molecule has 1 aromatic carbocycles. The van der Waals surface area contributed by atoms with E-state index in [0.29, 0.717) is 29.7 Å². The molecular weight excluding hydrogens is 428 g/mol. The van der Waals surface area contributed by atoms with Crippen LogP contribution in [0.15, 0.2) is 61.1 Å². The lowest BCUT2D eigenvalue weighted by Crippen LogP contribution is -2.48. The number of pyridine rings is 1. The van der Waals surface area contributed by atoms with Gasteiger partial charge in [-0.2, -0.15) is 10.4 Å². The number of nitrogens with two attached hydrogens (primary N) is 1. The van der Waals surface area contributed by atoms with Crippen molar-refractivity contribution in [2.24, 2.45) is 5.73 Å². The van der Waals surface area contributed by atoms with Gasteiger partial charge in [0.25, 0.3) is 5.91 Å². The molecule has 0 spiro atoms. The van der Waals surface area contributed by atoms with Crippen LogP contribution in [0.25, 0.3) is 0 Å². The molecule has 2 amide bonds. The monoisotopic (exact) mass is 453 g/mol. The summed E-state index contributed by atoms with van der Waals surface area (Å²) in [5.74, 6) is -0.850. The zero-order chi connectivity index (χ0) is 22.9.